The van der Waals surface area contributed by atoms with E-state index in [0.717, 1.165) is 17.1 Å². The summed E-state index contributed by atoms with van der Waals surface area (Å²) in [5.41, 5.74) is 1.50. The zero-order valence-electron chi connectivity index (χ0n) is 8.58. The fourth-order valence-corrected chi connectivity index (χ4v) is 1.66. The highest BCUT2D eigenvalue weighted by atomic mass is 32.1. The van der Waals surface area contributed by atoms with Gasteiger partial charge < -0.3 is 4.74 Å². The highest BCUT2D eigenvalue weighted by Gasteiger charge is 2.14. The SMILES string of the molecule is Cc1nnsc1C(=O)OCc1ccncc1. The zero-order chi connectivity index (χ0) is 11.4. The second kappa shape index (κ2) is 4.80. The van der Waals surface area contributed by atoms with Gasteiger partial charge in [-0.05, 0) is 36.2 Å². The van der Waals surface area contributed by atoms with Crippen LogP contribution < -0.4 is 0 Å². The lowest BCUT2D eigenvalue weighted by Crippen LogP contribution is -2.04. The third-order valence-corrected chi connectivity index (χ3v) is 2.76. The van der Waals surface area contributed by atoms with Crippen LogP contribution in [0.25, 0.3) is 0 Å². The van der Waals surface area contributed by atoms with Crippen LogP contribution in [0.3, 0.4) is 0 Å². The number of aromatic nitrogens is 3. The van der Waals surface area contributed by atoms with Gasteiger partial charge in [0, 0.05) is 12.4 Å². The van der Waals surface area contributed by atoms with E-state index in [1.165, 1.54) is 0 Å². The first-order valence-corrected chi connectivity index (χ1v) is 5.39. The van der Waals surface area contributed by atoms with Gasteiger partial charge >= 0.3 is 5.97 Å². The predicted molar refractivity (Wildman–Crippen MR) is 58.0 cm³/mol. The van der Waals surface area contributed by atoms with Crippen molar-refractivity contribution in [2.24, 2.45) is 0 Å². The van der Waals surface area contributed by atoms with E-state index < -0.39 is 0 Å². The van der Waals surface area contributed by atoms with Crippen LogP contribution in [0.1, 0.15) is 20.9 Å². The summed E-state index contributed by atoms with van der Waals surface area (Å²) in [5.74, 6) is -0.385. The third kappa shape index (κ3) is 2.40. The molecular formula is C10H9N3O2S. The van der Waals surface area contributed by atoms with Crippen molar-refractivity contribution < 1.29 is 9.53 Å². The molecule has 16 heavy (non-hydrogen) atoms. The molecule has 2 aromatic heterocycles. The first-order valence-electron chi connectivity index (χ1n) is 4.62. The minimum absolute atomic E-state index is 0.235. The molecule has 2 heterocycles. The van der Waals surface area contributed by atoms with Gasteiger partial charge in [0.2, 0.25) is 0 Å². The predicted octanol–water partition coefficient (Wildman–Crippen LogP) is 1.60. The highest BCUT2D eigenvalue weighted by Crippen LogP contribution is 2.11. The molecule has 0 aliphatic carbocycles. The smallest absolute Gasteiger partial charge is 0.352 e. The average molecular weight is 235 g/mol. The van der Waals surface area contributed by atoms with Crippen LogP contribution in [-0.2, 0) is 11.3 Å². The van der Waals surface area contributed by atoms with Crippen LogP contribution in [0, 0.1) is 6.92 Å². The summed E-state index contributed by atoms with van der Waals surface area (Å²) in [6, 6.07) is 3.59. The number of hydrogen-bond acceptors (Lipinski definition) is 6. The van der Waals surface area contributed by atoms with E-state index in [2.05, 4.69) is 14.6 Å². The third-order valence-electron chi connectivity index (χ3n) is 1.96. The number of ether oxygens (including phenoxy) is 1. The van der Waals surface area contributed by atoms with E-state index >= 15 is 0 Å². The van der Waals surface area contributed by atoms with Gasteiger partial charge in [0.15, 0.2) is 4.88 Å². The summed E-state index contributed by atoms with van der Waals surface area (Å²) >= 11 is 1.04. The molecule has 2 aromatic rings. The Morgan fingerprint density at radius 1 is 1.44 bits per heavy atom. The second-order valence-corrected chi connectivity index (χ2v) is 3.87. The maximum atomic E-state index is 11.6. The summed E-state index contributed by atoms with van der Waals surface area (Å²) < 4.78 is 8.80. The summed E-state index contributed by atoms with van der Waals surface area (Å²) in [6.07, 6.45) is 3.31. The number of carbonyl (C=O) groups is 1. The lowest BCUT2D eigenvalue weighted by atomic mass is 10.3. The Balaban J connectivity index is 1.97. The molecule has 0 aliphatic rings. The zero-order valence-corrected chi connectivity index (χ0v) is 9.40. The van der Waals surface area contributed by atoms with Crippen molar-refractivity contribution in [2.75, 3.05) is 0 Å². The molecular weight excluding hydrogens is 226 g/mol. The fraction of sp³-hybridized carbons (Fsp3) is 0.200. The van der Waals surface area contributed by atoms with Crippen LogP contribution >= 0.6 is 11.5 Å². The molecule has 0 amide bonds. The van der Waals surface area contributed by atoms with Crippen molar-refractivity contribution in [3.05, 3.63) is 40.7 Å². The van der Waals surface area contributed by atoms with E-state index in [4.69, 9.17) is 4.74 Å². The van der Waals surface area contributed by atoms with Crippen LogP contribution in [0.15, 0.2) is 24.5 Å². The lowest BCUT2D eigenvalue weighted by molar-refractivity contribution is 0.0477. The minimum atomic E-state index is -0.385. The molecule has 0 bridgehead atoms. The molecule has 0 saturated carbocycles. The summed E-state index contributed by atoms with van der Waals surface area (Å²) in [7, 11) is 0. The second-order valence-electron chi connectivity index (χ2n) is 3.12. The van der Waals surface area contributed by atoms with Gasteiger partial charge in [-0.1, -0.05) is 4.49 Å². The number of esters is 1. The Kier molecular flexibility index (Phi) is 3.21. The number of nitrogens with zero attached hydrogens (tertiary/aromatic N) is 3. The number of carbonyl (C=O) groups excluding carboxylic acids is 1. The first-order chi connectivity index (χ1) is 7.77. The van der Waals surface area contributed by atoms with Gasteiger partial charge in [0.1, 0.15) is 6.61 Å². The van der Waals surface area contributed by atoms with Crippen LogP contribution in [0.2, 0.25) is 0 Å². The van der Waals surface area contributed by atoms with Gasteiger partial charge in [0.05, 0.1) is 5.69 Å². The number of rotatable bonds is 3. The maximum Gasteiger partial charge on any atom is 0.352 e. The Morgan fingerprint density at radius 2 is 2.19 bits per heavy atom. The van der Waals surface area contributed by atoms with Crippen molar-refractivity contribution in [2.45, 2.75) is 13.5 Å². The quantitative estimate of drug-likeness (QED) is 0.756. The molecule has 0 aromatic carbocycles. The molecule has 0 radical (unpaired) electrons. The van der Waals surface area contributed by atoms with Crippen molar-refractivity contribution in [1.82, 2.24) is 14.6 Å². The van der Waals surface area contributed by atoms with E-state index in [-0.39, 0.29) is 12.6 Å². The Bertz CT molecular complexity index is 484. The summed E-state index contributed by atoms with van der Waals surface area (Å²) in [5, 5.41) is 3.75. The number of hydrogen-bond donors (Lipinski definition) is 0. The molecule has 0 fully saturated rings. The van der Waals surface area contributed by atoms with Crippen molar-refractivity contribution in [1.29, 1.82) is 0 Å². The summed E-state index contributed by atoms with van der Waals surface area (Å²) in [4.78, 5) is 15.9. The molecule has 6 heteroatoms. The monoisotopic (exact) mass is 235 g/mol. The Hall–Kier alpha value is -1.82. The van der Waals surface area contributed by atoms with Gasteiger partial charge in [-0.3, -0.25) is 4.98 Å². The Morgan fingerprint density at radius 3 is 2.81 bits per heavy atom. The standard InChI is InChI=1S/C10H9N3O2S/c1-7-9(16-13-12-7)10(14)15-6-8-2-4-11-5-3-8/h2-5H,6H2,1H3. The van der Waals surface area contributed by atoms with E-state index in [9.17, 15) is 4.79 Å². The molecule has 0 N–H and O–H groups in total. The molecule has 0 saturated heterocycles. The summed E-state index contributed by atoms with van der Waals surface area (Å²) in [6.45, 7) is 1.96. The number of aryl methyl sites for hydroxylation is 1. The molecule has 82 valence electrons. The van der Waals surface area contributed by atoms with Crippen molar-refractivity contribution in [3.63, 3.8) is 0 Å². The van der Waals surface area contributed by atoms with Gasteiger partial charge in [0.25, 0.3) is 0 Å². The van der Waals surface area contributed by atoms with Gasteiger partial charge in [-0.15, -0.1) is 5.10 Å². The normalized spacial score (nSPS) is 10.1. The van der Waals surface area contributed by atoms with E-state index in [1.807, 2.05) is 0 Å². The molecule has 2 rings (SSSR count). The van der Waals surface area contributed by atoms with Crippen molar-refractivity contribution >= 4 is 17.5 Å². The van der Waals surface area contributed by atoms with Crippen LogP contribution in [-0.4, -0.2) is 20.5 Å². The molecule has 0 spiro atoms. The molecule has 0 atom stereocenters. The van der Waals surface area contributed by atoms with Crippen molar-refractivity contribution in [3.8, 4) is 0 Å². The highest BCUT2D eigenvalue weighted by molar-refractivity contribution is 7.07. The van der Waals surface area contributed by atoms with Crippen LogP contribution in [0.4, 0.5) is 0 Å². The van der Waals surface area contributed by atoms with Crippen LogP contribution in [0.5, 0.6) is 0 Å². The van der Waals surface area contributed by atoms with E-state index in [1.54, 1.807) is 31.5 Å². The molecule has 0 aliphatic heterocycles. The van der Waals surface area contributed by atoms with E-state index in [0.29, 0.717) is 10.6 Å². The average Bonchev–Trinajstić information content (AvgIpc) is 2.74. The lowest BCUT2D eigenvalue weighted by Gasteiger charge is -2.02. The molecule has 5 nitrogen and oxygen atoms in total. The minimum Gasteiger partial charge on any atom is -0.457 e. The van der Waals surface area contributed by atoms with Gasteiger partial charge in [-0.2, -0.15) is 0 Å². The fourth-order valence-electron chi connectivity index (χ4n) is 1.11. The van der Waals surface area contributed by atoms with Gasteiger partial charge in [-0.25, -0.2) is 4.79 Å². The molecule has 0 unspecified atom stereocenters. The largest absolute Gasteiger partial charge is 0.457 e. The topological polar surface area (TPSA) is 65.0 Å². The number of pyridine rings is 1. The first kappa shape index (κ1) is 10.7. The maximum absolute atomic E-state index is 11.6. The Labute approximate surface area is 96.3 Å².